The minimum Gasteiger partial charge on any atom is -0.494 e. The molecule has 0 atom stereocenters. The predicted molar refractivity (Wildman–Crippen MR) is 122 cm³/mol. The van der Waals surface area contributed by atoms with E-state index in [-0.39, 0.29) is 32.9 Å². The highest BCUT2D eigenvalue weighted by Crippen LogP contribution is 2.31. The van der Waals surface area contributed by atoms with Gasteiger partial charge in [-0.25, -0.2) is 4.57 Å². The summed E-state index contributed by atoms with van der Waals surface area (Å²) in [4.78, 5) is 27.9. The van der Waals surface area contributed by atoms with Crippen molar-refractivity contribution in [2.24, 2.45) is 4.99 Å². The maximum Gasteiger partial charge on any atom is 0.290 e. The van der Waals surface area contributed by atoms with Gasteiger partial charge in [-0.1, -0.05) is 53.5 Å². The van der Waals surface area contributed by atoms with Crippen molar-refractivity contribution in [2.45, 2.75) is 0 Å². The Morgan fingerprint density at radius 1 is 0.968 bits per heavy atom. The molecule has 0 spiro atoms. The first-order valence-corrected chi connectivity index (χ1v) is 9.73. The summed E-state index contributed by atoms with van der Waals surface area (Å²) in [6.45, 7) is 0. The zero-order valence-corrected chi connectivity index (χ0v) is 17.2. The van der Waals surface area contributed by atoms with Crippen LogP contribution in [0.25, 0.3) is 16.5 Å². The van der Waals surface area contributed by atoms with E-state index in [2.05, 4.69) is 4.99 Å². The molecule has 0 amide bonds. The molecule has 154 valence electrons. The van der Waals surface area contributed by atoms with E-state index >= 15 is 0 Å². The number of nitro groups is 1. The van der Waals surface area contributed by atoms with Crippen LogP contribution in [0.3, 0.4) is 0 Å². The van der Waals surface area contributed by atoms with E-state index in [9.17, 15) is 20.0 Å². The second kappa shape index (κ2) is 8.22. The highest BCUT2D eigenvalue weighted by Gasteiger charge is 2.18. The Morgan fingerprint density at radius 2 is 1.65 bits per heavy atom. The summed E-state index contributed by atoms with van der Waals surface area (Å²) in [6.07, 6.45) is 1.34. The third kappa shape index (κ3) is 3.76. The van der Waals surface area contributed by atoms with E-state index < -0.39 is 10.5 Å². The number of aliphatic imine (C=N–C) groups is 1. The zero-order valence-electron chi connectivity index (χ0n) is 15.7. The van der Waals surface area contributed by atoms with Gasteiger partial charge in [0.05, 0.1) is 26.9 Å². The van der Waals surface area contributed by atoms with Crippen molar-refractivity contribution < 1.29 is 10.0 Å². The Balaban J connectivity index is 1.96. The largest absolute Gasteiger partial charge is 0.494 e. The lowest BCUT2D eigenvalue weighted by molar-refractivity contribution is -0.384. The first-order chi connectivity index (χ1) is 14.9. The molecule has 0 bridgehead atoms. The van der Waals surface area contributed by atoms with Gasteiger partial charge < -0.3 is 5.11 Å². The third-order valence-electron chi connectivity index (χ3n) is 4.67. The van der Waals surface area contributed by atoms with Crippen molar-refractivity contribution in [1.82, 2.24) is 4.57 Å². The third-order valence-corrected chi connectivity index (χ3v) is 5.31. The van der Waals surface area contributed by atoms with Gasteiger partial charge in [0.25, 0.3) is 11.2 Å². The molecule has 0 radical (unpaired) electrons. The number of nitro benzene ring substituents is 1. The number of pyridine rings is 1. The Kier molecular flexibility index (Phi) is 5.46. The van der Waals surface area contributed by atoms with Crippen molar-refractivity contribution in [3.8, 4) is 11.6 Å². The summed E-state index contributed by atoms with van der Waals surface area (Å²) >= 11 is 12.1. The van der Waals surface area contributed by atoms with Crippen LogP contribution < -0.4 is 5.56 Å². The topological polar surface area (TPSA) is 97.7 Å². The molecular formula is C22H13Cl2N3O4. The first kappa shape index (κ1) is 20.6. The Hall–Kier alpha value is -3.68. The van der Waals surface area contributed by atoms with Crippen LogP contribution in [0.5, 0.6) is 5.88 Å². The molecule has 1 heterocycles. The molecule has 0 aliphatic carbocycles. The van der Waals surface area contributed by atoms with Crippen molar-refractivity contribution in [3.05, 3.63) is 103 Å². The lowest BCUT2D eigenvalue weighted by Crippen LogP contribution is -2.20. The summed E-state index contributed by atoms with van der Waals surface area (Å²) in [7, 11) is 0. The van der Waals surface area contributed by atoms with Crippen LogP contribution in [0.2, 0.25) is 10.0 Å². The molecule has 1 aromatic heterocycles. The minimum absolute atomic E-state index is 0.00971. The number of nitrogens with zero attached hydrogens (tertiary/aromatic N) is 3. The Labute approximate surface area is 185 Å². The van der Waals surface area contributed by atoms with Gasteiger partial charge in [0.15, 0.2) is 0 Å². The lowest BCUT2D eigenvalue weighted by atomic mass is 10.1. The van der Waals surface area contributed by atoms with Crippen LogP contribution in [-0.2, 0) is 0 Å². The summed E-state index contributed by atoms with van der Waals surface area (Å²) in [5.74, 6) is -0.357. The van der Waals surface area contributed by atoms with Crippen LogP contribution >= 0.6 is 23.2 Å². The van der Waals surface area contributed by atoms with Gasteiger partial charge in [0.2, 0.25) is 5.88 Å². The molecule has 0 saturated carbocycles. The normalized spacial score (nSPS) is 11.3. The molecule has 0 aliphatic heterocycles. The second-order valence-electron chi connectivity index (χ2n) is 6.53. The number of halogens is 2. The minimum atomic E-state index is -0.605. The number of aromatic hydroxyl groups is 1. The quantitative estimate of drug-likeness (QED) is 0.244. The fraction of sp³-hybridized carbons (Fsp3) is 0. The maximum atomic E-state index is 13.1. The van der Waals surface area contributed by atoms with Crippen molar-refractivity contribution in [3.63, 3.8) is 0 Å². The van der Waals surface area contributed by atoms with Crippen LogP contribution in [0, 0.1) is 10.1 Å². The van der Waals surface area contributed by atoms with Crippen molar-refractivity contribution >= 4 is 51.6 Å². The van der Waals surface area contributed by atoms with Gasteiger partial charge in [-0.05, 0) is 30.3 Å². The summed E-state index contributed by atoms with van der Waals surface area (Å²) in [5.41, 5.74) is 0.101. The monoisotopic (exact) mass is 453 g/mol. The molecule has 4 aromatic rings. The van der Waals surface area contributed by atoms with Crippen LogP contribution in [0.4, 0.5) is 11.4 Å². The molecule has 31 heavy (non-hydrogen) atoms. The highest BCUT2D eigenvalue weighted by atomic mass is 35.5. The van der Waals surface area contributed by atoms with Gasteiger partial charge in [0.1, 0.15) is 5.02 Å². The van der Waals surface area contributed by atoms with Gasteiger partial charge in [-0.3, -0.25) is 19.9 Å². The number of rotatable bonds is 4. The molecule has 3 aromatic carbocycles. The number of para-hydroxylation sites is 1. The maximum absolute atomic E-state index is 13.1. The van der Waals surface area contributed by atoms with Crippen LogP contribution in [-0.4, -0.2) is 20.8 Å². The molecule has 7 nitrogen and oxygen atoms in total. The number of fused-ring (bicyclic) bond motifs is 1. The molecular weight excluding hydrogens is 441 g/mol. The Bertz CT molecular complexity index is 1430. The molecule has 0 aliphatic rings. The zero-order chi connectivity index (χ0) is 22.1. The molecule has 0 unspecified atom stereocenters. The van der Waals surface area contributed by atoms with Gasteiger partial charge >= 0.3 is 0 Å². The molecule has 1 N–H and O–H groups in total. The number of benzene rings is 3. The first-order valence-electron chi connectivity index (χ1n) is 8.98. The van der Waals surface area contributed by atoms with Gasteiger partial charge in [0, 0.05) is 23.1 Å². The van der Waals surface area contributed by atoms with E-state index in [0.717, 1.165) is 4.57 Å². The average molecular weight is 454 g/mol. The van der Waals surface area contributed by atoms with Crippen molar-refractivity contribution in [1.29, 1.82) is 0 Å². The smallest absolute Gasteiger partial charge is 0.290 e. The fourth-order valence-electron chi connectivity index (χ4n) is 3.21. The van der Waals surface area contributed by atoms with E-state index in [1.165, 1.54) is 24.4 Å². The number of aromatic nitrogens is 1. The predicted octanol–water partition coefficient (Wildman–Crippen LogP) is 5.66. The SMILES string of the molecule is O=c1c2ccccc2c(C=Nc2ccc(Cl)c([N+](=O)[O-])c2)c(O)n1-c1ccccc1Cl. The highest BCUT2D eigenvalue weighted by molar-refractivity contribution is 6.33. The molecule has 4 rings (SSSR count). The summed E-state index contributed by atoms with van der Waals surface area (Å²) in [6, 6.07) is 17.5. The van der Waals surface area contributed by atoms with E-state index in [0.29, 0.717) is 16.5 Å². The van der Waals surface area contributed by atoms with Gasteiger partial charge in [-0.15, -0.1) is 0 Å². The fourth-order valence-corrected chi connectivity index (χ4v) is 3.61. The molecule has 0 fully saturated rings. The van der Waals surface area contributed by atoms with Gasteiger partial charge in [-0.2, -0.15) is 0 Å². The molecule has 9 heteroatoms. The van der Waals surface area contributed by atoms with E-state index in [4.69, 9.17) is 23.2 Å². The van der Waals surface area contributed by atoms with Crippen LogP contribution in [0.15, 0.2) is 76.5 Å². The van der Waals surface area contributed by atoms with Crippen molar-refractivity contribution in [2.75, 3.05) is 0 Å². The summed E-state index contributed by atoms with van der Waals surface area (Å²) in [5, 5.41) is 23.2. The van der Waals surface area contributed by atoms with E-state index in [1.807, 2.05) is 0 Å². The number of hydrogen-bond donors (Lipinski definition) is 1. The lowest BCUT2D eigenvalue weighted by Gasteiger charge is -2.14. The number of hydrogen-bond acceptors (Lipinski definition) is 5. The van der Waals surface area contributed by atoms with Crippen LogP contribution in [0.1, 0.15) is 5.56 Å². The standard InChI is InChI=1S/C22H13Cl2N3O4/c23-17-7-3-4-8-19(17)26-21(28)15-6-2-1-5-14(15)16(22(26)29)12-25-13-9-10-18(24)20(11-13)27(30)31/h1-12,29H. The van der Waals surface area contributed by atoms with E-state index in [1.54, 1.807) is 48.5 Å². The Morgan fingerprint density at radius 3 is 2.35 bits per heavy atom. The molecule has 0 saturated heterocycles. The summed E-state index contributed by atoms with van der Waals surface area (Å²) < 4.78 is 1.11. The second-order valence-corrected chi connectivity index (χ2v) is 7.34. The average Bonchev–Trinajstić information content (AvgIpc) is 2.76.